The van der Waals surface area contributed by atoms with Gasteiger partial charge in [-0.3, -0.25) is 0 Å². The topological polar surface area (TPSA) is 57.0 Å². The second-order valence-corrected chi connectivity index (χ2v) is 2.88. The molecule has 0 N–H and O–H groups in total. The summed E-state index contributed by atoms with van der Waals surface area (Å²) in [7, 11) is 0. The maximum absolute atomic E-state index is 12.3. The van der Waals surface area contributed by atoms with Crippen molar-refractivity contribution in [1.82, 2.24) is 15.0 Å². The predicted molar refractivity (Wildman–Crippen MR) is 46.7 cm³/mol. The highest BCUT2D eigenvalue weighted by Crippen LogP contribution is 2.14. The molecule has 1 aromatic rings. The van der Waals surface area contributed by atoms with Crippen LogP contribution in [0.3, 0.4) is 0 Å². The van der Waals surface area contributed by atoms with Crippen LogP contribution in [0.5, 0.6) is 0 Å². The zero-order valence-corrected chi connectivity index (χ0v) is 8.35. The standard InChI is InChI=1S/C8H11F2N3O2/c1-3-15-8(14)6-4-13(12-11-6)5(2)7(9)10/h4-5,7H,3H2,1-2H3. The van der Waals surface area contributed by atoms with Gasteiger partial charge in [-0.05, 0) is 13.8 Å². The molecule has 0 radical (unpaired) electrons. The fraction of sp³-hybridized carbons (Fsp3) is 0.625. The van der Waals surface area contributed by atoms with Gasteiger partial charge in [-0.1, -0.05) is 5.21 Å². The van der Waals surface area contributed by atoms with E-state index in [1.165, 1.54) is 6.92 Å². The van der Waals surface area contributed by atoms with E-state index in [2.05, 4.69) is 15.0 Å². The van der Waals surface area contributed by atoms with Crippen LogP contribution in [-0.4, -0.2) is 34.0 Å². The van der Waals surface area contributed by atoms with Crippen molar-refractivity contribution in [3.8, 4) is 0 Å². The smallest absolute Gasteiger partial charge is 0.360 e. The van der Waals surface area contributed by atoms with Gasteiger partial charge in [0.2, 0.25) is 0 Å². The lowest BCUT2D eigenvalue weighted by Crippen LogP contribution is -2.14. The summed E-state index contributed by atoms with van der Waals surface area (Å²) in [5.41, 5.74) is -0.0654. The summed E-state index contributed by atoms with van der Waals surface area (Å²) in [6.45, 7) is 3.13. The molecular formula is C8H11F2N3O2. The van der Waals surface area contributed by atoms with Crippen LogP contribution in [0.4, 0.5) is 8.78 Å². The lowest BCUT2D eigenvalue weighted by molar-refractivity contribution is 0.0518. The largest absolute Gasteiger partial charge is 0.461 e. The second kappa shape index (κ2) is 4.81. The van der Waals surface area contributed by atoms with Crippen LogP contribution in [0.2, 0.25) is 0 Å². The molecule has 15 heavy (non-hydrogen) atoms. The number of hydrogen-bond acceptors (Lipinski definition) is 4. The zero-order chi connectivity index (χ0) is 11.4. The Labute approximate surface area is 85.0 Å². The van der Waals surface area contributed by atoms with E-state index in [4.69, 9.17) is 0 Å². The van der Waals surface area contributed by atoms with E-state index in [1.54, 1.807) is 6.92 Å². The number of hydrogen-bond donors (Lipinski definition) is 0. The molecule has 0 aromatic carbocycles. The fourth-order valence-electron chi connectivity index (χ4n) is 0.890. The highest BCUT2D eigenvalue weighted by Gasteiger charge is 2.20. The molecule has 0 fully saturated rings. The van der Waals surface area contributed by atoms with Crippen LogP contribution < -0.4 is 0 Å². The van der Waals surface area contributed by atoms with E-state index >= 15 is 0 Å². The molecule has 0 aliphatic heterocycles. The van der Waals surface area contributed by atoms with Gasteiger partial charge in [0, 0.05) is 0 Å². The third kappa shape index (κ3) is 2.71. The van der Waals surface area contributed by atoms with E-state index in [0.29, 0.717) is 0 Å². The number of nitrogens with zero attached hydrogens (tertiary/aromatic N) is 3. The van der Waals surface area contributed by atoms with Crippen LogP contribution in [0.15, 0.2) is 6.20 Å². The summed E-state index contributed by atoms with van der Waals surface area (Å²) in [5.74, 6) is -0.662. The molecule has 0 saturated heterocycles. The Hall–Kier alpha value is -1.53. The van der Waals surface area contributed by atoms with Gasteiger partial charge in [-0.15, -0.1) is 5.10 Å². The maximum Gasteiger partial charge on any atom is 0.360 e. The minimum absolute atomic E-state index is 0.0654. The Balaban J connectivity index is 2.76. The summed E-state index contributed by atoms with van der Waals surface area (Å²) in [6, 6.07) is -1.11. The van der Waals surface area contributed by atoms with Gasteiger partial charge in [0.05, 0.1) is 12.8 Å². The molecule has 1 atom stereocenters. The Kier molecular flexibility index (Phi) is 3.70. The number of alkyl halides is 2. The fourth-order valence-corrected chi connectivity index (χ4v) is 0.890. The average Bonchev–Trinajstić information content (AvgIpc) is 2.65. The van der Waals surface area contributed by atoms with E-state index in [1.807, 2.05) is 0 Å². The number of halogens is 2. The molecule has 0 bridgehead atoms. The van der Waals surface area contributed by atoms with Gasteiger partial charge < -0.3 is 4.74 Å². The van der Waals surface area contributed by atoms with Crippen LogP contribution in [-0.2, 0) is 4.74 Å². The van der Waals surface area contributed by atoms with Crippen LogP contribution in [0.25, 0.3) is 0 Å². The normalized spacial score (nSPS) is 12.9. The molecule has 0 saturated carbocycles. The number of carbonyl (C=O) groups is 1. The van der Waals surface area contributed by atoms with Crippen molar-refractivity contribution in [2.24, 2.45) is 0 Å². The summed E-state index contributed by atoms with van der Waals surface area (Å²) < 4.78 is 30.1. The molecule has 1 rings (SSSR count). The van der Waals surface area contributed by atoms with Gasteiger partial charge in [0.1, 0.15) is 6.04 Å². The molecule has 1 aromatic heterocycles. The molecular weight excluding hydrogens is 208 g/mol. The number of rotatable bonds is 4. The Morgan fingerprint density at radius 2 is 2.33 bits per heavy atom. The third-order valence-corrected chi connectivity index (χ3v) is 1.78. The van der Waals surface area contributed by atoms with Gasteiger partial charge >= 0.3 is 5.97 Å². The maximum atomic E-state index is 12.3. The number of esters is 1. The molecule has 0 aliphatic carbocycles. The number of carbonyl (C=O) groups excluding carboxylic acids is 1. The van der Waals surface area contributed by atoms with Crippen LogP contribution >= 0.6 is 0 Å². The molecule has 1 unspecified atom stereocenters. The first-order valence-electron chi connectivity index (χ1n) is 4.43. The van der Waals surface area contributed by atoms with E-state index in [0.717, 1.165) is 10.9 Å². The third-order valence-electron chi connectivity index (χ3n) is 1.78. The van der Waals surface area contributed by atoms with Crippen molar-refractivity contribution in [2.45, 2.75) is 26.3 Å². The first kappa shape index (κ1) is 11.5. The van der Waals surface area contributed by atoms with Crippen LogP contribution in [0, 0.1) is 0 Å². The van der Waals surface area contributed by atoms with Crippen molar-refractivity contribution in [2.75, 3.05) is 6.61 Å². The van der Waals surface area contributed by atoms with Crippen LogP contribution in [0.1, 0.15) is 30.4 Å². The average molecular weight is 219 g/mol. The predicted octanol–water partition coefficient (Wildman–Crippen LogP) is 1.28. The molecule has 1 heterocycles. The molecule has 5 nitrogen and oxygen atoms in total. The van der Waals surface area contributed by atoms with E-state index < -0.39 is 18.4 Å². The SMILES string of the molecule is CCOC(=O)c1cn(C(C)C(F)F)nn1. The Morgan fingerprint density at radius 1 is 1.67 bits per heavy atom. The van der Waals surface area contributed by atoms with Crippen molar-refractivity contribution >= 4 is 5.97 Å². The van der Waals surface area contributed by atoms with Gasteiger partial charge in [-0.25, -0.2) is 18.3 Å². The summed E-state index contributed by atoms with van der Waals surface area (Å²) in [4.78, 5) is 11.1. The molecule has 7 heteroatoms. The lowest BCUT2D eigenvalue weighted by atomic mass is 10.3. The lowest BCUT2D eigenvalue weighted by Gasteiger charge is -2.08. The first-order chi connectivity index (χ1) is 7.06. The van der Waals surface area contributed by atoms with Crippen molar-refractivity contribution < 1.29 is 18.3 Å². The number of ether oxygens (including phenoxy) is 1. The Bertz CT molecular complexity index is 340. The van der Waals surface area contributed by atoms with Gasteiger partial charge in [0.15, 0.2) is 5.69 Å². The molecule has 0 spiro atoms. The minimum Gasteiger partial charge on any atom is -0.461 e. The highest BCUT2D eigenvalue weighted by atomic mass is 19.3. The zero-order valence-electron chi connectivity index (χ0n) is 8.35. The van der Waals surface area contributed by atoms with Gasteiger partial charge in [0.25, 0.3) is 6.43 Å². The highest BCUT2D eigenvalue weighted by molar-refractivity contribution is 5.86. The molecule has 0 amide bonds. The van der Waals surface area contributed by atoms with E-state index in [-0.39, 0.29) is 12.3 Å². The van der Waals surface area contributed by atoms with Gasteiger partial charge in [-0.2, -0.15) is 0 Å². The van der Waals surface area contributed by atoms with Crippen molar-refractivity contribution in [3.63, 3.8) is 0 Å². The van der Waals surface area contributed by atoms with E-state index in [9.17, 15) is 13.6 Å². The second-order valence-electron chi connectivity index (χ2n) is 2.88. The van der Waals surface area contributed by atoms with Crippen molar-refractivity contribution in [3.05, 3.63) is 11.9 Å². The molecule has 0 aliphatic rings. The monoisotopic (exact) mass is 219 g/mol. The summed E-state index contributed by atoms with van der Waals surface area (Å²) in [5, 5.41) is 6.87. The summed E-state index contributed by atoms with van der Waals surface area (Å²) in [6.07, 6.45) is -1.41. The quantitative estimate of drug-likeness (QED) is 0.716. The first-order valence-corrected chi connectivity index (χ1v) is 4.43. The minimum atomic E-state index is -2.55. The number of aromatic nitrogens is 3. The molecule has 84 valence electrons. The Morgan fingerprint density at radius 3 is 2.87 bits per heavy atom. The van der Waals surface area contributed by atoms with Crippen molar-refractivity contribution in [1.29, 1.82) is 0 Å². The summed E-state index contributed by atoms with van der Waals surface area (Å²) >= 11 is 0.